The van der Waals surface area contributed by atoms with E-state index in [-0.39, 0.29) is 17.2 Å². The van der Waals surface area contributed by atoms with Crippen molar-refractivity contribution in [2.24, 2.45) is 0 Å². The molecule has 0 aliphatic rings. The van der Waals surface area contributed by atoms with Gasteiger partial charge in [-0.2, -0.15) is 21.4 Å². The topological polar surface area (TPSA) is 154 Å². The lowest BCUT2D eigenvalue weighted by Crippen LogP contribution is -2.08. The lowest BCUT2D eigenvalue weighted by molar-refractivity contribution is 0.298. The third kappa shape index (κ3) is 6.29. The molecule has 0 unspecified atom stereocenters. The van der Waals surface area contributed by atoms with E-state index < -0.39 is 37.8 Å². The quantitative estimate of drug-likeness (QED) is 0.355. The van der Waals surface area contributed by atoms with Crippen molar-refractivity contribution < 1.29 is 44.1 Å². The summed E-state index contributed by atoms with van der Waals surface area (Å²) in [4.78, 5) is -0.805. The summed E-state index contributed by atoms with van der Waals surface area (Å²) < 4.78 is 92.1. The van der Waals surface area contributed by atoms with E-state index >= 15 is 0 Å². The van der Waals surface area contributed by atoms with Crippen molar-refractivity contribution in [2.75, 3.05) is 0 Å². The molecular formula is C18H15O10PS2. The number of phosphoric acid groups is 1. The second kappa shape index (κ2) is 8.69. The van der Waals surface area contributed by atoms with Crippen LogP contribution in [0.25, 0.3) is 0 Å². The molecule has 0 heterocycles. The van der Waals surface area contributed by atoms with E-state index in [0.717, 1.165) is 48.5 Å². The Morgan fingerprint density at radius 2 is 0.871 bits per heavy atom. The molecule has 0 saturated carbocycles. The second-order valence-electron chi connectivity index (χ2n) is 5.93. The van der Waals surface area contributed by atoms with E-state index in [1.165, 1.54) is 12.1 Å². The zero-order valence-corrected chi connectivity index (χ0v) is 18.0. The lowest BCUT2D eigenvalue weighted by atomic mass is 10.3. The van der Waals surface area contributed by atoms with Crippen LogP contribution in [0.15, 0.2) is 88.7 Å². The number of phosphoric ester groups is 1. The van der Waals surface area contributed by atoms with Gasteiger partial charge in [0.2, 0.25) is 0 Å². The predicted molar refractivity (Wildman–Crippen MR) is 108 cm³/mol. The van der Waals surface area contributed by atoms with Gasteiger partial charge in [-0.3, -0.25) is 9.11 Å². The first kappa shape index (κ1) is 22.8. The molecule has 3 aromatic carbocycles. The maximum absolute atomic E-state index is 13.3. The first-order valence-corrected chi connectivity index (χ1v) is 12.7. The summed E-state index contributed by atoms with van der Waals surface area (Å²) in [6.45, 7) is 0. The molecule has 13 heteroatoms. The van der Waals surface area contributed by atoms with Crippen LogP contribution in [0.4, 0.5) is 0 Å². The SMILES string of the molecule is O=P(Oc1ccccc1)(Oc1ccc(S(=O)(=O)O)cc1)Oc1ccc(S(=O)(=O)O)cc1. The van der Waals surface area contributed by atoms with Gasteiger partial charge in [0.1, 0.15) is 17.2 Å². The highest BCUT2D eigenvalue weighted by Crippen LogP contribution is 2.49. The Hall–Kier alpha value is -2.89. The molecule has 0 bridgehead atoms. The van der Waals surface area contributed by atoms with Crippen molar-refractivity contribution in [2.45, 2.75) is 9.79 Å². The third-order valence-corrected chi connectivity index (χ3v) is 6.68. The van der Waals surface area contributed by atoms with Crippen LogP contribution in [0, 0.1) is 0 Å². The minimum absolute atomic E-state index is 0.0961. The largest absolute Gasteiger partial charge is 0.647 e. The van der Waals surface area contributed by atoms with E-state index in [2.05, 4.69) is 0 Å². The molecule has 0 aliphatic heterocycles. The fourth-order valence-corrected chi connectivity index (χ4v) is 4.48. The molecule has 0 radical (unpaired) electrons. The molecule has 164 valence electrons. The molecule has 3 aromatic rings. The number of rotatable bonds is 8. The fraction of sp³-hybridized carbons (Fsp3) is 0. The Labute approximate surface area is 178 Å². The Balaban J connectivity index is 1.90. The highest BCUT2D eigenvalue weighted by atomic mass is 32.2. The second-order valence-corrected chi connectivity index (χ2v) is 10.2. The highest BCUT2D eigenvalue weighted by molar-refractivity contribution is 7.86. The van der Waals surface area contributed by atoms with E-state index in [0.29, 0.717) is 0 Å². The molecule has 0 fully saturated rings. The van der Waals surface area contributed by atoms with Gasteiger partial charge in [-0.05, 0) is 60.7 Å². The summed E-state index contributed by atoms with van der Waals surface area (Å²) in [7, 11) is -13.3. The summed E-state index contributed by atoms with van der Waals surface area (Å²) in [6.07, 6.45) is 0. The normalized spacial score (nSPS) is 12.2. The van der Waals surface area contributed by atoms with Crippen LogP contribution in [0.3, 0.4) is 0 Å². The van der Waals surface area contributed by atoms with Gasteiger partial charge in [0, 0.05) is 0 Å². The number of para-hydroxylation sites is 1. The van der Waals surface area contributed by atoms with Crippen LogP contribution in [0.5, 0.6) is 17.2 Å². The first-order valence-electron chi connectivity index (χ1n) is 8.34. The Bertz CT molecular complexity index is 1220. The average molecular weight is 486 g/mol. The van der Waals surface area contributed by atoms with Gasteiger partial charge in [0.05, 0.1) is 9.79 Å². The van der Waals surface area contributed by atoms with Gasteiger partial charge in [0.15, 0.2) is 0 Å². The van der Waals surface area contributed by atoms with Crippen molar-refractivity contribution in [3.05, 3.63) is 78.9 Å². The van der Waals surface area contributed by atoms with Crippen LogP contribution in [0.1, 0.15) is 0 Å². The van der Waals surface area contributed by atoms with E-state index in [1.807, 2.05) is 0 Å². The van der Waals surface area contributed by atoms with Gasteiger partial charge in [-0.25, -0.2) is 0 Å². The van der Waals surface area contributed by atoms with Crippen LogP contribution in [-0.2, 0) is 24.8 Å². The third-order valence-electron chi connectivity index (χ3n) is 3.64. The zero-order chi connectivity index (χ0) is 22.7. The molecule has 0 saturated heterocycles. The lowest BCUT2D eigenvalue weighted by Gasteiger charge is -2.19. The van der Waals surface area contributed by atoms with Gasteiger partial charge in [-0.15, -0.1) is 0 Å². The smallest absolute Gasteiger partial charge is 0.386 e. The number of hydrogen-bond donors (Lipinski definition) is 2. The van der Waals surface area contributed by atoms with E-state index in [9.17, 15) is 21.4 Å². The van der Waals surface area contributed by atoms with Crippen LogP contribution in [-0.4, -0.2) is 25.9 Å². The van der Waals surface area contributed by atoms with Gasteiger partial charge in [0.25, 0.3) is 20.2 Å². The predicted octanol–water partition coefficient (Wildman–Crippen LogP) is 3.82. The molecule has 31 heavy (non-hydrogen) atoms. The van der Waals surface area contributed by atoms with Crippen LogP contribution < -0.4 is 13.6 Å². The highest BCUT2D eigenvalue weighted by Gasteiger charge is 2.33. The van der Waals surface area contributed by atoms with Crippen molar-refractivity contribution in [3.8, 4) is 17.2 Å². The summed E-state index contributed by atoms with van der Waals surface area (Å²) in [6, 6.07) is 16.5. The Morgan fingerprint density at radius 1 is 0.548 bits per heavy atom. The molecule has 0 spiro atoms. The monoisotopic (exact) mass is 486 g/mol. The Kier molecular flexibility index (Phi) is 6.39. The van der Waals surface area contributed by atoms with Gasteiger partial charge >= 0.3 is 7.82 Å². The maximum atomic E-state index is 13.3. The van der Waals surface area contributed by atoms with Crippen molar-refractivity contribution >= 4 is 28.1 Å². The summed E-state index contributed by atoms with van der Waals surface area (Å²) in [5.41, 5.74) is 0. The van der Waals surface area contributed by atoms with Crippen LogP contribution >= 0.6 is 7.82 Å². The van der Waals surface area contributed by atoms with Crippen molar-refractivity contribution in [3.63, 3.8) is 0 Å². The standard InChI is InChI=1S/C18H15O10PS2/c19-29(26-14-4-2-1-3-5-14,27-15-6-10-17(11-7-15)30(20,21)22)28-16-8-12-18(13-9-16)31(23,24)25/h1-13H,(H,20,21,22)(H,23,24,25). The maximum Gasteiger partial charge on any atom is 0.647 e. The average Bonchev–Trinajstić information content (AvgIpc) is 2.68. The summed E-state index contributed by atoms with van der Waals surface area (Å²) in [5.74, 6) is -0.0580. The molecule has 0 amide bonds. The number of benzene rings is 3. The first-order chi connectivity index (χ1) is 14.4. The van der Waals surface area contributed by atoms with Crippen molar-refractivity contribution in [1.82, 2.24) is 0 Å². The van der Waals surface area contributed by atoms with Crippen molar-refractivity contribution in [1.29, 1.82) is 0 Å². The minimum atomic E-state index is -4.43. The van der Waals surface area contributed by atoms with Crippen LogP contribution in [0.2, 0.25) is 0 Å². The molecule has 0 aliphatic carbocycles. The van der Waals surface area contributed by atoms with Gasteiger partial charge < -0.3 is 13.6 Å². The molecule has 2 N–H and O–H groups in total. The number of hydrogen-bond acceptors (Lipinski definition) is 8. The minimum Gasteiger partial charge on any atom is -0.386 e. The molecule has 10 nitrogen and oxygen atoms in total. The van der Waals surface area contributed by atoms with E-state index in [1.54, 1.807) is 18.2 Å². The summed E-state index contributed by atoms with van der Waals surface area (Å²) >= 11 is 0. The van der Waals surface area contributed by atoms with E-state index in [4.69, 9.17) is 22.7 Å². The molecular weight excluding hydrogens is 471 g/mol. The Morgan fingerprint density at radius 3 is 1.19 bits per heavy atom. The zero-order valence-electron chi connectivity index (χ0n) is 15.4. The fourth-order valence-electron chi connectivity index (χ4n) is 2.27. The molecule has 0 aromatic heterocycles. The molecule has 3 rings (SSSR count). The van der Waals surface area contributed by atoms with Gasteiger partial charge in [-0.1, -0.05) is 18.2 Å². The summed E-state index contributed by atoms with van der Waals surface area (Å²) in [5, 5.41) is 0. The molecule has 0 atom stereocenters.